The summed E-state index contributed by atoms with van der Waals surface area (Å²) in [5.74, 6) is 1.18. The lowest BCUT2D eigenvalue weighted by Gasteiger charge is -2.22. The molecule has 9 heteroatoms. The minimum atomic E-state index is -0.581. The Hall–Kier alpha value is -3.46. The summed E-state index contributed by atoms with van der Waals surface area (Å²) in [5.41, 5.74) is 7.22. The summed E-state index contributed by atoms with van der Waals surface area (Å²) in [6.07, 6.45) is 9.22. The number of hydrogen-bond donors (Lipinski definition) is 1. The molecule has 194 valence electrons. The topological polar surface area (TPSA) is 109 Å². The zero-order valence-electron chi connectivity index (χ0n) is 20.9. The number of benzene rings is 2. The molecule has 2 N–H and O–H groups in total. The van der Waals surface area contributed by atoms with Gasteiger partial charge in [0.1, 0.15) is 5.82 Å². The number of nitrogens with two attached hydrogens (primary N) is 1. The molecule has 0 unspecified atom stereocenters. The number of hydrogen-bond acceptors (Lipinski definition) is 6. The molecule has 2 aromatic carbocycles. The van der Waals surface area contributed by atoms with Crippen molar-refractivity contribution in [3.8, 4) is 11.5 Å². The molecular weight excluding hydrogens is 536 g/mol. The molecule has 4 rings (SSSR count). The first kappa shape index (κ1) is 26.6. The van der Waals surface area contributed by atoms with Gasteiger partial charge in [-0.2, -0.15) is 9.78 Å². The van der Waals surface area contributed by atoms with E-state index in [1.54, 1.807) is 24.4 Å². The number of ether oxygens (including phenoxy) is 2. The smallest absolute Gasteiger partial charge is 0.282 e. The van der Waals surface area contributed by atoms with Gasteiger partial charge in [-0.15, -0.1) is 6.58 Å². The average molecular weight is 567 g/mol. The molecule has 1 aliphatic carbocycles. The number of aromatic nitrogens is 2. The van der Waals surface area contributed by atoms with Crippen LogP contribution >= 0.6 is 15.9 Å². The van der Waals surface area contributed by atoms with E-state index in [2.05, 4.69) is 27.6 Å². The van der Waals surface area contributed by atoms with Crippen molar-refractivity contribution in [3.05, 3.63) is 74.8 Å². The van der Waals surface area contributed by atoms with Crippen molar-refractivity contribution >= 4 is 39.0 Å². The zero-order valence-corrected chi connectivity index (χ0v) is 22.5. The van der Waals surface area contributed by atoms with Crippen molar-refractivity contribution in [2.75, 3.05) is 13.2 Å². The Morgan fingerprint density at radius 2 is 2.03 bits per heavy atom. The fourth-order valence-corrected chi connectivity index (χ4v) is 5.02. The molecule has 8 nitrogen and oxygen atoms in total. The van der Waals surface area contributed by atoms with Crippen LogP contribution in [0.2, 0.25) is 0 Å². The van der Waals surface area contributed by atoms with Gasteiger partial charge in [0.05, 0.1) is 23.7 Å². The molecule has 3 aromatic rings. The van der Waals surface area contributed by atoms with Crippen LogP contribution in [0.25, 0.3) is 10.9 Å². The van der Waals surface area contributed by atoms with Crippen molar-refractivity contribution in [2.24, 2.45) is 10.8 Å². The molecule has 0 saturated heterocycles. The molecule has 1 heterocycles. The third-order valence-electron chi connectivity index (χ3n) is 6.30. The monoisotopic (exact) mass is 566 g/mol. The molecule has 0 bridgehead atoms. The SMILES string of the molecule is C=CCc1cc(C=Nn2c(C3CCCCC3)nc3ccc(Br)cc3c2=O)cc(OCC)c1OCC(N)=O. The lowest BCUT2D eigenvalue weighted by molar-refractivity contribution is -0.119. The second-order valence-corrected chi connectivity index (χ2v) is 9.93. The van der Waals surface area contributed by atoms with Gasteiger partial charge in [0, 0.05) is 16.0 Å². The minimum Gasteiger partial charge on any atom is -0.490 e. The van der Waals surface area contributed by atoms with Crippen molar-refractivity contribution in [1.82, 2.24) is 9.66 Å². The summed E-state index contributed by atoms with van der Waals surface area (Å²) in [4.78, 5) is 29.8. The highest BCUT2D eigenvalue weighted by molar-refractivity contribution is 9.10. The van der Waals surface area contributed by atoms with Gasteiger partial charge >= 0.3 is 0 Å². The first-order chi connectivity index (χ1) is 17.9. The third kappa shape index (κ3) is 6.28. The zero-order chi connectivity index (χ0) is 26.4. The average Bonchev–Trinajstić information content (AvgIpc) is 2.88. The van der Waals surface area contributed by atoms with E-state index in [0.29, 0.717) is 46.8 Å². The summed E-state index contributed by atoms with van der Waals surface area (Å²) >= 11 is 3.46. The minimum absolute atomic E-state index is 0.173. The number of fused-ring (bicyclic) bond motifs is 1. The van der Waals surface area contributed by atoms with E-state index < -0.39 is 5.91 Å². The van der Waals surface area contributed by atoms with Crippen LogP contribution in [-0.4, -0.2) is 35.0 Å². The number of halogens is 1. The Balaban J connectivity index is 1.82. The summed E-state index contributed by atoms with van der Waals surface area (Å²) in [5, 5.41) is 5.15. The Kier molecular flexibility index (Phi) is 8.76. The number of carbonyl (C=O) groups is 1. The van der Waals surface area contributed by atoms with Crippen molar-refractivity contribution in [1.29, 1.82) is 0 Å². The maximum atomic E-state index is 13.6. The Morgan fingerprint density at radius 1 is 1.24 bits per heavy atom. The van der Waals surface area contributed by atoms with Crippen molar-refractivity contribution in [3.63, 3.8) is 0 Å². The van der Waals surface area contributed by atoms with Gasteiger partial charge in [0.2, 0.25) is 0 Å². The van der Waals surface area contributed by atoms with Crippen LogP contribution < -0.4 is 20.8 Å². The van der Waals surface area contributed by atoms with E-state index in [0.717, 1.165) is 35.7 Å². The van der Waals surface area contributed by atoms with E-state index in [-0.39, 0.29) is 18.1 Å². The van der Waals surface area contributed by atoms with Crippen LogP contribution in [0, 0.1) is 0 Å². The van der Waals surface area contributed by atoms with E-state index in [1.807, 2.05) is 25.1 Å². The maximum absolute atomic E-state index is 13.6. The molecular formula is C28H31BrN4O4. The molecule has 37 heavy (non-hydrogen) atoms. The van der Waals surface area contributed by atoms with E-state index >= 15 is 0 Å². The fraction of sp³-hybridized carbons (Fsp3) is 0.357. The first-order valence-electron chi connectivity index (χ1n) is 12.5. The van der Waals surface area contributed by atoms with Gasteiger partial charge in [0.15, 0.2) is 18.1 Å². The predicted molar refractivity (Wildman–Crippen MR) is 149 cm³/mol. The molecule has 1 aromatic heterocycles. The lowest BCUT2D eigenvalue weighted by atomic mass is 9.88. The number of nitrogens with zero attached hydrogens (tertiary/aromatic N) is 3. The number of carbonyl (C=O) groups excluding carboxylic acids is 1. The van der Waals surface area contributed by atoms with E-state index in [4.69, 9.17) is 20.2 Å². The highest BCUT2D eigenvalue weighted by Crippen LogP contribution is 2.34. The van der Waals surface area contributed by atoms with Crippen molar-refractivity contribution in [2.45, 2.75) is 51.4 Å². The van der Waals surface area contributed by atoms with Crippen LogP contribution in [0.15, 0.2) is 57.4 Å². The van der Waals surface area contributed by atoms with E-state index in [9.17, 15) is 9.59 Å². The molecule has 0 radical (unpaired) electrons. The molecule has 0 atom stereocenters. The number of amides is 1. The number of allylic oxidation sites excluding steroid dienone is 1. The standard InChI is InChI=1S/C28H31BrN4O4/c1-3-8-20-13-18(14-24(36-4-2)26(20)37-17-25(30)34)16-31-33-27(19-9-6-5-7-10-19)32-23-12-11-21(29)15-22(23)28(33)35/h3,11-16,19H,1,4-10,17H2,2H3,(H2,30,34). The molecule has 0 spiro atoms. The van der Waals surface area contributed by atoms with Gasteiger partial charge in [0.25, 0.3) is 11.5 Å². The molecule has 1 amide bonds. The van der Waals surface area contributed by atoms with Crippen LogP contribution in [0.4, 0.5) is 0 Å². The molecule has 1 aliphatic rings. The molecule has 1 fully saturated rings. The summed E-state index contributed by atoms with van der Waals surface area (Å²) in [6, 6.07) is 9.18. The molecule has 0 aliphatic heterocycles. The van der Waals surface area contributed by atoms with Gasteiger partial charge in [-0.25, -0.2) is 4.98 Å². The van der Waals surface area contributed by atoms with Crippen LogP contribution in [0.3, 0.4) is 0 Å². The highest BCUT2D eigenvalue weighted by Gasteiger charge is 2.22. The van der Waals surface area contributed by atoms with Gasteiger partial charge < -0.3 is 15.2 Å². The normalized spacial score (nSPS) is 14.2. The van der Waals surface area contributed by atoms with E-state index in [1.165, 1.54) is 11.1 Å². The van der Waals surface area contributed by atoms with Gasteiger partial charge in [-0.3, -0.25) is 9.59 Å². The number of primary amides is 1. The Labute approximate surface area is 224 Å². The van der Waals surface area contributed by atoms with Crippen LogP contribution in [0.1, 0.15) is 61.9 Å². The largest absolute Gasteiger partial charge is 0.490 e. The second-order valence-electron chi connectivity index (χ2n) is 9.02. The first-order valence-corrected chi connectivity index (χ1v) is 13.3. The third-order valence-corrected chi connectivity index (χ3v) is 6.80. The fourth-order valence-electron chi connectivity index (χ4n) is 4.66. The summed E-state index contributed by atoms with van der Waals surface area (Å²) < 4.78 is 13.7. The predicted octanol–water partition coefficient (Wildman–Crippen LogP) is 5.08. The molecule has 1 saturated carbocycles. The summed E-state index contributed by atoms with van der Waals surface area (Å²) in [6.45, 7) is 5.82. The second kappa shape index (κ2) is 12.2. The Bertz CT molecular complexity index is 1390. The lowest BCUT2D eigenvalue weighted by Crippen LogP contribution is -2.25. The Morgan fingerprint density at radius 3 is 2.73 bits per heavy atom. The van der Waals surface area contributed by atoms with Crippen LogP contribution in [-0.2, 0) is 11.2 Å². The quantitative estimate of drug-likeness (QED) is 0.272. The number of rotatable bonds is 10. The van der Waals surface area contributed by atoms with Crippen molar-refractivity contribution < 1.29 is 14.3 Å². The highest BCUT2D eigenvalue weighted by atomic mass is 79.9. The maximum Gasteiger partial charge on any atom is 0.282 e. The van der Waals surface area contributed by atoms with Gasteiger partial charge in [-0.1, -0.05) is 41.3 Å². The summed E-state index contributed by atoms with van der Waals surface area (Å²) in [7, 11) is 0. The van der Waals surface area contributed by atoms with Crippen LogP contribution in [0.5, 0.6) is 11.5 Å². The van der Waals surface area contributed by atoms with Gasteiger partial charge in [-0.05, 0) is 62.1 Å².